The molecular weight excluding hydrogens is 324 g/mol. The second-order valence-corrected chi connectivity index (χ2v) is 7.20. The smallest absolute Gasteiger partial charge is 0.264 e. The fourth-order valence-electron chi connectivity index (χ4n) is 3.15. The van der Waals surface area contributed by atoms with Gasteiger partial charge in [0.1, 0.15) is 10.7 Å². The quantitative estimate of drug-likeness (QED) is 0.853. The van der Waals surface area contributed by atoms with Crippen molar-refractivity contribution >= 4 is 27.5 Å². The standard InChI is InChI=1S/C17H20N4O2S/c1-4-20(9-10(2)8-18)17(23)14-11(3)13-15(24-14)19-12-6-5-7-21(12)16(13)22/h10H,4-7,9H2,1-3H3/t10-/m0/s1. The minimum atomic E-state index is -0.226. The minimum absolute atomic E-state index is 0.0336. The normalized spacial score (nSPS) is 14.4. The molecule has 0 aromatic carbocycles. The Morgan fingerprint density at radius 2 is 2.29 bits per heavy atom. The molecule has 2 aromatic rings. The van der Waals surface area contributed by atoms with Crippen molar-refractivity contribution in [2.24, 2.45) is 5.92 Å². The predicted octanol–water partition coefficient (Wildman–Crippen LogP) is 2.33. The average Bonchev–Trinajstić information content (AvgIpc) is 3.17. The number of rotatable bonds is 4. The Kier molecular flexibility index (Phi) is 4.41. The van der Waals surface area contributed by atoms with Crippen molar-refractivity contribution in [3.8, 4) is 6.07 Å². The number of amides is 1. The summed E-state index contributed by atoms with van der Waals surface area (Å²) in [4.78, 5) is 33.1. The zero-order chi connectivity index (χ0) is 17.4. The molecule has 0 N–H and O–H groups in total. The maximum Gasteiger partial charge on any atom is 0.264 e. The van der Waals surface area contributed by atoms with E-state index >= 15 is 0 Å². The van der Waals surface area contributed by atoms with E-state index in [1.54, 1.807) is 16.4 Å². The van der Waals surface area contributed by atoms with Crippen LogP contribution in [-0.4, -0.2) is 33.4 Å². The van der Waals surface area contributed by atoms with Gasteiger partial charge in [-0.25, -0.2) is 4.98 Å². The van der Waals surface area contributed by atoms with Gasteiger partial charge in [0.05, 0.1) is 22.3 Å². The average molecular weight is 344 g/mol. The Balaban J connectivity index is 2.06. The van der Waals surface area contributed by atoms with Crippen molar-refractivity contribution in [3.63, 3.8) is 0 Å². The van der Waals surface area contributed by atoms with Crippen LogP contribution in [0.4, 0.5) is 0 Å². The van der Waals surface area contributed by atoms with E-state index in [2.05, 4.69) is 11.1 Å². The minimum Gasteiger partial charge on any atom is -0.337 e. The first-order chi connectivity index (χ1) is 11.5. The fourth-order valence-corrected chi connectivity index (χ4v) is 4.31. The first kappa shape index (κ1) is 16.7. The number of nitriles is 1. The molecule has 0 unspecified atom stereocenters. The molecule has 0 bridgehead atoms. The molecular formula is C17H20N4O2S. The van der Waals surface area contributed by atoms with Gasteiger partial charge < -0.3 is 4.90 Å². The van der Waals surface area contributed by atoms with E-state index in [9.17, 15) is 9.59 Å². The lowest BCUT2D eigenvalue weighted by molar-refractivity contribution is 0.0757. The number of hydrogen-bond donors (Lipinski definition) is 0. The molecule has 1 aliphatic heterocycles. The number of carbonyl (C=O) groups is 1. The second-order valence-electron chi connectivity index (χ2n) is 6.20. The van der Waals surface area contributed by atoms with Gasteiger partial charge in [0.25, 0.3) is 11.5 Å². The first-order valence-corrected chi connectivity index (χ1v) is 9.01. The van der Waals surface area contributed by atoms with Crippen molar-refractivity contribution in [2.45, 2.75) is 40.2 Å². The van der Waals surface area contributed by atoms with Crippen LogP contribution in [0.1, 0.15) is 41.3 Å². The molecule has 3 heterocycles. The highest BCUT2D eigenvalue weighted by atomic mass is 32.1. The summed E-state index contributed by atoms with van der Waals surface area (Å²) in [5.74, 6) is 0.471. The van der Waals surface area contributed by atoms with Gasteiger partial charge in [-0.15, -0.1) is 11.3 Å². The summed E-state index contributed by atoms with van der Waals surface area (Å²) < 4.78 is 1.73. The van der Waals surface area contributed by atoms with Gasteiger partial charge in [-0.2, -0.15) is 5.26 Å². The third-order valence-corrected chi connectivity index (χ3v) is 5.66. The topological polar surface area (TPSA) is 79.0 Å². The molecule has 1 atom stereocenters. The molecule has 0 radical (unpaired) electrons. The molecule has 0 saturated carbocycles. The molecule has 0 spiro atoms. The number of carbonyl (C=O) groups excluding carboxylic acids is 1. The molecule has 3 rings (SSSR count). The molecule has 1 aliphatic rings. The highest BCUT2D eigenvalue weighted by Crippen LogP contribution is 2.29. The maximum atomic E-state index is 12.9. The van der Waals surface area contributed by atoms with Crippen LogP contribution in [0.2, 0.25) is 0 Å². The van der Waals surface area contributed by atoms with Gasteiger partial charge in [-0.05, 0) is 32.8 Å². The zero-order valence-electron chi connectivity index (χ0n) is 14.1. The van der Waals surface area contributed by atoms with Crippen molar-refractivity contribution in [2.75, 3.05) is 13.1 Å². The molecule has 0 aliphatic carbocycles. The molecule has 126 valence electrons. The number of nitrogens with zero attached hydrogens (tertiary/aromatic N) is 4. The van der Waals surface area contributed by atoms with E-state index < -0.39 is 0 Å². The van der Waals surface area contributed by atoms with Crippen molar-refractivity contribution in [1.29, 1.82) is 5.26 Å². The fraction of sp³-hybridized carbons (Fsp3) is 0.529. The number of aromatic nitrogens is 2. The Hall–Kier alpha value is -2.20. The van der Waals surface area contributed by atoms with Crippen LogP contribution in [-0.2, 0) is 13.0 Å². The molecule has 2 aromatic heterocycles. The second kappa shape index (κ2) is 6.36. The summed E-state index contributed by atoms with van der Waals surface area (Å²) in [5.41, 5.74) is 0.677. The van der Waals surface area contributed by atoms with Crippen molar-refractivity contribution in [3.05, 3.63) is 26.6 Å². The highest BCUT2D eigenvalue weighted by molar-refractivity contribution is 7.20. The Labute approximate surface area is 144 Å². The number of thiophene rings is 1. The number of hydrogen-bond acceptors (Lipinski definition) is 5. The van der Waals surface area contributed by atoms with Crippen LogP contribution < -0.4 is 5.56 Å². The third kappa shape index (κ3) is 2.61. The Morgan fingerprint density at radius 3 is 2.96 bits per heavy atom. The van der Waals surface area contributed by atoms with Crippen molar-refractivity contribution < 1.29 is 4.79 Å². The van der Waals surface area contributed by atoms with E-state index in [1.165, 1.54) is 11.3 Å². The monoisotopic (exact) mass is 344 g/mol. The number of fused-ring (bicyclic) bond motifs is 2. The summed E-state index contributed by atoms with van der Waals surface area (Å²) in [6.07, 6.45) is 1.76. The lowest BCUT2D eigenvalue weighted by Gasteiger charge is -2.21. The predicted molar refractivity (Wildman–Crippen MR) is 93.3 cm³/mol. The van der Waals surface area contributed by atoms with E-state index in [-0.39, 0.29) is 17.4 Å². The lowest BCUT2D eigenvalue weighted by Crippen LogP contribution is -2.34. The summed E-state index contributed by atoms with van der Waals surface area (Å²) in [7, 11) is 0. The molecule has 0 saturated heterocycles. The number of aryl methyl sites for hydroxylation is 2. The maximum absolute atomic E-state index is 12.9. The van der Waals surface area contributed by atoms with Gasteiger partial charge in [0.2, 0.25) is 0 Å². The van der Waals surface area contributed by atoms with Crippen LogP contribution in [0.5, 0.6) is 0 Å². The van der Waals surface area contributed by atoms with E-state index in [0.29, 0.717) is 40.3 Å². The van der Waals surface area contributed by atoms with Crippen LogP contribution in [0, 0.1) is 24.2 Å². The molecule has 24 heavy (non-hydrogen) atoms. The van der Waals surface area contributed by atoms with Crippen LogP contribution >= 0.6 is 11.3 Å². The van der Waals surface area contributed by atoms with E-state index in [4.69, 9.17) is 5.26 Å². The SMILES string of the molecule is CCN(C[C@@H](C)C#N)C(=O)c1sc2nc3n(c(=O)c2c1C)CCC3. The van der Waals surface area contributed by atoms with Crippen LogP contribution in [0.15, 0.2) is 4.79 Å². The summed E-state index contributed by atoms with van der Waals surface area (Å²) >= 11 is 1.29. The van der Waals surface area contributed by atoms with Crippen LogP contribution in [0.3, 0.4) is 0 Å². The zero-order valence-corrected chi connectivity index (χ0v) is 14.9. The van der Waals surface area contributed by atoms with Gasteiger partial charge in [-0.3, -0.25) is 14.2 Å². The molecule has 7 heteroatoms. The van der Waals surface area contributed by atoms with E-state index in [1.807, 2.05) is 13.8 Å². The summed E-state index contributed by atoms with van der Waals surface area (Å²) in [6.45, 7) is 7.14. The molecule has 1 amide bonds. The summed E-state index contributed by atoms with van der Waals surface area (Å²) in [5, 5.41) is 9.56. The third-order valence-electron chi connectivity index (χ3n) is 4.49. The first-order valence-electron chi connectivity index (χ1n) is 8.19. The Morgan fingerprint density at radius 1 is 1.54 bits per heavy atom. The Bertz CT molecular complexity index is 906. The lowest BCUT2D eigenvalue weighted by atomic mass is 10.1. The van der Waals surface area contributed by atoms with Gasteiger partial charge >= 0.3 is 0 Å². The highest BCUT2D eigenvalue weighted by Gasteiger charge is 2.26. The summed E-state index contributed by atoms with van der Waals surface area (Å²) in [6, 6.07) is 2.16. The van der Waals surface area contributed by atoms with Crippen molar-refractivity contribution in [1.82, 2.24) is 14.5 Å². The van der Waals surface area contributed by atoms with Gasteiger partial charge in [0.15, 0.2) is 0 Å². The van der Waals surface area contributed by atoms with E-state index in [0.717, 1.165) is 18.7 Å². The molecule has 0 fully saturated rings. The molecule has 6 nitrogen and oxygen atoms in total. The van der Waals surface area contributed by atoms with Gasteiger partial charge in [-0.1, -0.05) is 0 Å². The van der Waals surface area contributed by atoms with Crippen LogP contribution in [0.25, 0.3) is 10.2 Å². The van der Waals surface area contributed by atoms with Gasteiger partial charge in [0, 0.05) is 26.1 Å². The largest absolute Gasteiger partial charge is 0.337 e.